The van der Waals surface area contributed by atoms with E-state index < -0.39 is 11.7 Å². The van der Waals surface area contributed by atoms with Gasteiger partial charge in [0, 0.05) is 11.3 Å². The molecule has 4 aromatic rings. The second kappa shape index (κ2) is 8.13. The molecule has 0 aliphatic rings. The molecule has 0 saturated carbocycles. The van der Waals surface area contributed by atoms with Crippen molar-refractivity contribution in [2.75, 3.05) is 5.73 Å². The van der Waals surface area contributed by atoms with Crippen LogP contribution in [0.25, 0.3) is 22.6 Å². The third kappa shape index (κ3) is 4.68. The highest BCUT2D eigenvalue weighted by molar-refractivity contribution is 5.67. The predicted octanol–water partition coefficient (Wildman–Crippen LogP) is 4.01. The Morgan fingerprint density at radius 1 is 0.903 bits per heavy atom. The molecule has 10 heteroatoms. The van der Waals surface area contributed by atoms with E-state index in [4.69, 9.17) is 5.73 Å². The molecule has 0 aliphatic carbocycles. The van der Waals surface area contributed by atoms with Crippen molar-refractivity contribution in [2.24, 2.45) is 0 Å². The Hall–Kier alpha value is -3.82. The Morgan fingerprint density at radius 3 is 2.42 bits per heavy atom. The normalized spacial score (nSPS) is 11.6. The van der Waals surface area contributed by atoms with Gasteiger partial charge in [-0.3, -0.25) is 4.98 Å². The van der Waals surface area contributed by atoms with E-state index >= 15 is 0 Å². The molecule has 0 unspecified atom stereocenters. The number of hydrogen-bond donors (Lipinski definition) is 1. The van der Waals surface area contributed by atoms with Crippen LogP contribution in [-0.2, 0) is 19.1 Å². The molecular formula is C21H18F3N7. The minimum absolute atomic E-state index is 0.0724. The molecule has 0 amide bonds. The van der Waals surface area contributed by atoms with E-state index in [9.17, 15) is 13.2 Å². The van der Waals surface area contributed by atoms with E-state index in [1.807, 2.05) is 25.1 Å². The molecule has 31 heavy (non-hydrogen) atoms. The van der Waals surface area contributed by atoms with Gasteiger partial charge in [-0.1, -0.05) is 30.3 Å². The van der Waals surface area contributed by atoms with Crippen LogP contribution in [0.1, 0.15) is 23.9 Å². The lowest BCUT2D eigenvalue weighted by atomic mass is 10.1. The number of pyridine rings is 1. The quantitative estimate of drug-likeness (QED) is 0.519. The zero-order chi connectivity index (χ0) is 22.0. The molecule has 4 rings (SSSR count). The highest BCUT2D eigenvalue weighted by Gasteiger charge is 2.30. The first kappa shape index (κ1) is 20.5. The van der Waals surface area contributed by atoms with E-state index in [1.54, 1.807) is 10.9 Å². The Balaban J connectivity index is 1.64. The summed E-state index contributed by atoms with van der Waals surface area (Å²) in [5.41, 5.74) is 8.19. The molecule has 3 aromatic heterocycles. The van der Waals surface area contributed by atoms with Gasteiger partial charge in [-0.2, -0.15) is 13.2 Å². The summed E-state index contributed by atoms with van der Waals surface area (Å²) in [6.45, 7) is 2.45. The first-order valence-corrected chi connectivity index (χ1v) is 9.49. The third-order valence-electron chi connectivity index (χ3n) is 4.58. The molecule has 0 aliphatic heterocycles. The van der Waals surface area contributed by atoms with Gasteiger partial charge in [-0.15, -0.1) is 5.10 Å². The van der Waals surface area contributed by atoms with Crippen molar-refractivity contribution in [3.05, 3.63) is 71.7 Å². The van der Waals surface area contributed by atoms with Crippen molar-refractivity contribution < 1.29 is 13.2 Å². The van der Waals surface area contributed by atoms with Crippen LogP contribution in [0.5, 0.6) is 0 Å². The smallest absolute Gasteiger partial charge is 0.368 e. The molecule has 7 nitrogen and oxygen atoms in total. The van der Waals surface area contributed by atoms with E-state index in [0.717, 1.165) is 29.9 Å². The number of hydrogen-bond acceptors (Lipinski definition) is 6. The summed E-state index contributed by atoms with van der Waals surface area (Å²) in [6.07, 6.45) is -1.95. The number of nitrogens with zero attached hydrogens (tertiary/aromatic N) is 6. The van der Waals surface area contributed by atoms with Gasteiger partial charge in [0.15, 0.2) is 0 Å². The number of anilines is 1. The summed E-state index contributed by atoms with van der Waals surface area (Å²) < 4.78 is 40.8. The summed E-state index contributed by atoms with van der Waals surface area (Å²) in [5.74, 6) is -0.0724. The average molecular weight is 425 g/mol. The zero-order valence-corrected chi connectivity index (χ0v) is 16.5. The third-order valence-corrected chi connectivity index (χ3v) is 4.58. The number of alkyl halides is 3. The molecule has 0 spiro atoms. The van der Waals surface area contributed by atoms with Gasteiger partial charge < -0.3 is 5.73 Å². The minimum atomic E-state index is -4.46. The van der Waals surface area contributed by atoms with Crippen molar-refractivity contribution >= 4 is 5.95 Å². The Labute approximate surface area is 175 Å². The minimum Gasteiger partial charge on any atom is -0.368 e. The number of halogens is 3. The van der Waals surface area contributed by atoms with E-state index in [2.05, 4.69) is 25.3 Å². The molecule has 0 bridgehead atoms. The Morgan fingerprint density at radius 2 is 1.65 bits per heavy atom. The molecule has 2 N–H and O–H groups in total. The van der Waals surface area contributed by atoms with Crippen molar-refractivity contribution in [3.63, 3.8) is 0 Å². The monoisotopic (exact) mass is 425 g/mol. The van der Waals surface area contributed by atoms with Crippen molar-refractivity contribution in [1.29, 1.82) is 0 Å². The van der Waals surface area contributed by atoms with Crippen LogP contribution in [0.3, 0.4) is 0 Å². The first-order chi connectivity index (χ1) is 14.8. The van der Waals surface area contributed by atoms with Crippen LogP contribution in [0.2, 0.25) is 0 Å². The lowest BCUT2D eigenvalue weighted by molar-refractivity contribution is -0.137. The fraction of sp³-hybridized carbons (Fsp3) is 0.190. The molecule has 3 heterocycles. The van der Waals surface area contributed by atoms with Crippen LogP contribution >= 0.6 is 0 Å². The number of nitrogens with two attached hydrogens (primary N) is 1. The van der Waals surface area contributed by atoms with E-state index in [0.29, 0.717) is 17.9 Å². The number of rotatable bonds is 5. The SMILES string of the molecule is CCc1cccc(Cn2cc(-c3cc(-c4cccc(C(F)(F)F)c4)nc(N)n3)nn2)n1. The number of aromatic nitrogens is 6. The van der Waals surface area contributed by atoms with Crippen LogP contribution in [0.4, 0.5) is 19.1 Å². The van der Waals surface area contributed by atoms with Gasteiger partial charge in [0.25, 0.3) is 0 Å². The Kier molecular flexibility index (Phi) is 5.37. The first-order valence-electron chi connectivity index (χ1n) is 9.49. The molecule has 0 atom stereocenters. The largest absolute Gasteiger partial charge is 0.416 e. The van der Waals surface area contributed by atoms with Crippen LogP contribution < -0.4 is 5.73 Å². The highest BCUT2D eigenvalue weighted by Crippen LogP contribution is 2.32. The summed E-state index contributed by atoms with van der Waals surface area (Å²) in [4.78, 5) is 12.8. The highest BCUT2D eigenvalue weighted by atomic mass is 19.4. The molecule has 158 valence electrons. The predicted molar refractivity (Wildman–Crippen MR) is 109 cm³/mol. The van der Waals surface area contributed by atoms with Crippen molar-refractivity contribution in [2.45, 2.75) is 26.1 Å². The second-order valence-corrected chi connectivity index (χ2v) is 6.85. The van der Waals surface area contributed by atoms with Crippen molar-refractivity contribution in [1.82, 2.24) is 29.9 Å². The van der Waals surface area contributed by atoms with Gasteiger partial charge in [0.05, 0.1) is 35.4 Å². The summed E-state index contributed by atoms with van der Waals surface area (Å²) in [7, 11) is 0. The second-order valence-electron chi connectivity index (χ2n) is 6.85. The zero-order valence-electron chi connectivity index (χ0n) is 16.5. The lowest BCUT2D eigenvalue weighted by Crippen LogP contribution is -2.05. The Bertz CT molecular complexity index is 1220. The lowest BCUT2D eigenvalue weighted by Gasteiger charge is -2.09. The fourth-order valence-electron chi connectivity index (χ4n) is 3.07. The van der Waals surface area contributed by atoms with Gasteiger partial charge in [0.2, 0.25) is 5.95 Å². The maximum atomic E-state index is 13.1. The topological polar surface area (TPSA) is 95.4 Å². The van der Waals surface area contributed by atoms with Gasteiger partial charge in [-0.25, -0.2) is 14.6 Å². The van der Waals surface area contributed by atoms with Crippen molar-refractivity contribution in [3.8, 4) is 22.6 Å². The summed E-state index contributed by atoms with van der Waals surface area (Å²) in [6, 6.07) is 12.2. The number of aryl methyl sites for hydroxylation is 1. The maximum absolute atomic E-state index is 13.1. The maximum Gasteiger partial charge on any atom is 0.416 e. The number of nitrogen functional groups attached to an aromatic ring is 1. The van der Waals surface area contributed by atoms with Gasteiger partial charge in [0.1, 0.15) is 5.69 Å². The summed E-state index contributed by atoms with van der Waals surface area (Å²) >= 11 is 0. The molecule has 0 radical (unpaired) electrons. The standard InChI is InChI=1S/C21H18F3N7/c1-2-15-7-4-8-16(26-15)11-31-12-19(29-30-31)18-10-17(27-20(25)28-18)13-5-3-6-14(9-13)21(22,23)24/h3-10,12H,2,11H2,1H3,(H2,25,27,28). The van der Waals surface area contributed by atoms with Gasteiger partial charge >= 0.3 is 6.18 Å². The fourth-order valence-corrected chi connectivity index (χ4v) is 3.07. The molecule has 1 aromatic carbocycles. The molecular weight excluding hydrogens is 407 g/mol. The average Bonchev–Trinajstić information content (AvgIpc) is 3.21. The van der Waals surface area contributed by atoms with Crippen LogP contribution in [0, 0.1) is 0 Å². The van der Waals surface area contributed by atoms with Gasteiger partial charge in [-0.05, 0) is 36.8 Å². The molecule has 0 fully saturated rings. The molecule has 0 saturated heterocycles. The van der Waals surface area contributed by atoms with E-state index in [-0.39, 0.29) is 17.2 Å². The van der Waals surface area contributed by atoms with Crippen LogP contribution in [0.15, 0.2) is 54.7 Å². The van der Waals surface area contributed by atoms with E-state index in [1.165, 1.54) is 18.2 Å². The van der Waals surface area contributed by atoms with Crippen LogP contribution in [-0.4, -0.2) is 29.9 Å². The number of benzene rings is 1. The summed E-state index contributed by atoms with van der Waals surface area (Å²) in [5, 5.41) is 8.22.